The highest BCUT2D eigenvalue weighted by molar-refractivity contribution is 6.62. The zero-order valence-electron chi connectivity index (χ0n) is 9.16. The van der Waals surface area contributed by atoms with Crippen LogP contribution in [-0.4, -0.2) is 40.6 Å². The summed E-state index contributed by atoms with van der Waals surface area (Å²) in [7, 11) is -3.17. The van der Waals surface area contributed by atoms with E-state index in [0.717, 1.165) is 6.29 Å². The van der Waals surface area contributed by atoms with Crippen molar-refractivity contribution in [3.05, 3.63) is 23.8 Å². The van der Waals surface area contributed by atoms with Crippen molar-refractivity contribution in [2.75, 3.05) is 0 Å². The first kappa shape index (κ1) is 14.9. The van der Waals surface area contributed by atoms with Crippen molar-refractivity contribution in [2.24, 2.45) is 0 Å². The number of rotatable bonds is 2. The minimum atomic E-state index is -1.59. The number of benzene rings is 1. The lowest BCUT2D eigenvalue weighted by Crippen LogP contribution is -2.39. The van der Waals surface area contributed by atoms with Crippen molar-refractivity contribution in [3.63, 3.8) is 0 Å². The standard InChI is InChI=1S/C7H10B2O4.C2H4O/c1-5-2-3-6(8(10)11)4-7(5)9(12)13;1-2-3/h2-4,10-13H,1H3;2H,1H3. The summed E-state index contributed by atoms with van der Waals surface area (Å²) in [5, 5.41) is 35.4. The van der Waals surface area contributed by atoms with E-state index in [1.165, 1.54) is 19.1 Å². The lowest BCUT2D eigenvalue weighted by molar-refractivity contribution is -0.106. The van der Waals surface area contributed by atoms with Crippen LogP contribution in [0.5, 0.6) is 0 Å². The number of hydrogen-bond acceptors (Lipinski definition) is 5. The Balaban J connectivity index is 0.000000673. The SMILES string of the molecule is CC=O.Cc1ccc(B(O)O)cc1B(O)O. The van der Waals surface area contributed by atoms with Gasteiger partial charge in [-0.25, -0.2) is 0 Å². The third-order valence-electron chi connectivity index (χ3n) is 1.88. The maximum atomic E-state index is 8.90. The van der Waals surface area contributed by atoms with E-state index in [0.29, 0.717) is 5.56 Å². The van der Waals surface area contributed by atoms with Gasteiger partial charge in [-0.3, -0.25) is 0 Å². The highest BCUT2D eigenvalue weighted by Gasteiger charge is 2.18. The highest BCUT2D eigenvalue weighted by atomic mass is 16.4. The zero-order valence-corrected chi connectivity index (χ0v) is 9.16. The summed E-state index contributed by atoms with van der Waals surface area (Å²) in [6.07, 6.45) is 0.750. The molecule has 0 amide bonds. The number of carbonyl (C=O) groups is 1. The van der Waals surface area contributed by atoms with Crippen molar-refractivity contribution in [3.8, 4) is 0 Å². The summed E-state index contributed by atoms with van der Waals surface area (Å²) in [6.45, 7) is 3.16. The average Bonchev–Trinajstić information content (AvgIpc) is 2.18. The van der Waals surface area contributed by atoms with Gasteiger partial charge in [0, 0.05) is 0 Å². The highest BCUT2D eigenvalue weighted by Crippen LogP contribution is 1.92. The molecule has 0 aliphatic carbocycles. The molecular formula is C9H14B2O5. The smallest absolute Gasteiger partial charge is 0.423 e. The van der Waals surface area contributed by atoms with Gasteiger partial charge in [-0.1, -0.05) is 23.8 Å². The Labute approximate surface area is 94.7 Å². The van der Waals surface area contributed by atoms with E-state index in [1.54, 1.807) is 13.0 Å². The van der Waals surface area contributed by atoms with Crippen LogP contribution in [0.15, 0.2) is 18.2 Å². The molecule has 0 saturated carbocycles. The van der Waals surface area contributed by atoms with Gasteiger partial charge in [0.1, 0.15) is 6.29 Å². The molecular weight excluding hydrogens is 210 g/mol. The zero-order chi connectivity index (χ0) is 12.7. The maximum absolute atomic E-state index is 8.90. The van der Waals surface area contributed by atoms with Crippen LogP contribution >= 0.6 is 0 Å². The van der Waals surface area contributed by atoms with Crippen molar-refractivity contribution in [2.45, 2.75) is 13.8 Å². The Hall–Kier alpha value is -1.14. The van der Waals surface area contributed by atoms with Crippen LogP contribution in [0.2, 0.25) is 0 Å². The molecule has 4 N–H and O–H groups in total. The molecule has 0 atom stereocenters. The molecule has 0 aliphatic rings. The predicted molar refractivity (Wildman–Crippen MR) is 62.6 cm³/mol. The van der Waals surface area contributed by atoms with Crippen molar-refractivity contribution >= 4 is 31.4 Å². The first-order valence-corrected chi connectivity index (χ1v) is 4.66. The molecule has 0 unspecified atom stereocenters. The van der Waals surface area contributed by atoms with Crippen LogP contribution in [0.3, 0.4) is 0 Å². The lowest BCUT2D eigenvalue weighted by Gasteiger charge is -2.06. The Morgan fingerprint density at radius 2 is 1.62 bits per heavy atom. The third-order valence-corrected chi connectivity index (χ3v) is 1.88. The monoisotopic (exact) mass is 224 g/mol. The molecule has 7 heteroatoms. The van der Waals surface area contributed by atoms with Crippen LogP contribution in [0.25, 0.3) is 0 Å². The quantitative estimate of drug-likeness (QED) is 0.330. The second kappa shape index (κ2) is 7.19. The molecule has 1 aromatic rings. The van der Waals surface area contributed by atoms with Gasteiger partial charge in [0.25, 0.3) is 0 Å². The molecule has 0 spiro atoms. The van der Waals surface area contributed by atoms with E-state index in [4.69, 9.17) is 24.9 Å². The minimum absolute atomic E-state index is 0.244. The largest absolute Gasteiger partial charge is 0.488 e. The van der Waals surface area contributed by atoms with Gasteiger partial charge in [0.2, 0.25) is 0 Å². The molecule has 0 heterocycles. The number of carbonyl (C=O) groups excluding carboxylic acids is 1. The molecule has 5 nitrogen and oxygen atoms in total. The van der Waals surface area contributed by atoms with Crippen LogP contribution < -0.4 is 10.9 Å². The number of aryl methyl sites for hydroxylation is 1. The van der Waals surface area contributed by atoms with Crippen LogP contribution in [0.4, 0.5) is 0 Å². The van der Waals surface area contributed by atoms with E-state index in [2.05, 4.69) is 0 Å². The van der Waals surface area contributed by atoms with Crippen LogP contribution in [0, 0.1) is 6.92 Å². The first-order chi connectivity index (χ1) is 7.43. The van der Waals surface area contributed by atoms with Gasteiger partial charge < -0.3 is 24.9 Å². The lowest BCUT2D eigenvalue weighted by atomic mass is 9.71. The number of hydrogen-bond donors (Lipinski definition) is 4. The molecule has 0 fully saturated rings. The fourth-order valence-electron chi connectivity index (χ4n) is 1.10. The third kappa shape index (κ3) is 4.59. The van der Waals surface area contributed by atoms with Crippen LogP contribution in [-0.2, 0) is 4.79 Å². The fraction of sp³-hybridized carbons (Fsp3) is 0.222. The van der Waals surface area contributed by atoms with Gasteiger partial charge in [0.05, 0.1) is 0 Å². The van der Waals surface area contributed by atoms with E-state index < -0.39 is 14.2 Å². The Morgan fingerprint density at radius 1 is 1.12 bits per heavy atom. The van der Waals surface area contributed by atoms with Gasteiger partial charge in [-0.05, 0) is 24.8 Å². The molecule has 0 saturated heterocycles. The summed E-state index contributed by atoms with van der Waals surface area (Å²) < 4.78 is 0. The van der Waals surface area contributed by atoms with E-state index in [1.807, 2.05) is 0 Å². The predicted octanol–water partition coefficient (Wildman–Crippen LogP) is -2.44. The summed E-state index contributed by atoms with van der Waals surface area (Å²) in [5.41, 5.74) is 1.22. The molecule has 0 aromatic heterocycles. The second-order valence-electron chi connectivity index (χ2n) is 3.10. The normalized spacial score (nSPS) is 8.88. The minimum Gasteiger partial charge on any atom is -0.423 e. The van der Waals surface area contributed by atoms with Gasteiger partial charge in [-0.15, -0.1) is 0 Å². The Morgan fingerprint density at radius 3 is 2.00 bits per heavy atom. The molecule has 0 aliphatic heterocycles. The van der Waals surface area contributed by atoms with Crippen molar-refractivity contribution in [1.82, 2.24) is 0 Å². The molecule has 86 valence electrons. The molecule has 1 aromatic carbocycles. The average molecular weight is 224 g/mol. The van der Waals surface area contributed by atoms with Gasteiger partial charge in [0.15, 0.2) is 0 Å². The molecule has 1 rings (SSSR count). The topological polar surface area (TPSA) is 98.0 Å². The van der Waals surface area contributed by atoms with Crippen molar-refractivity contribution < 1.29 is 24.9 Å². The summed E-state index contributed by atoms with van der Waals surface area (Å²) >= 11 is 0. The summed E-state index contributed by atoms with van der Waals surface area (Å²) in [6, 6.07) is 4.47. The molecule has 0 bridgehead atoms. The van der Waals surface area contributed by atoms with E-state index in [9.17, 15) is 0 Å². The molecule has 0 radical (unpaired) electrons. The van der Waals surface area contributed by atoms with Crippen LogP contribution in [0.1, 0.15) is 12.5 Å². The van der Waals surface area contributed by atoms with Gasteiger partial charge in [-0.2, -0.15) is 0 Å². The fourth-order valence-corrected chi connectivity index (χ4v) is 1.10. The maximum Gasteiger partial charge on any atom is 0.488 e. The summed E-state index contributed by atoms with van der Waals surface area (Å²) in [4.78, 5) is 8.81. The van der Waals surface area contributed by atoms with Crippen molar-refractivity contribution in [1.29, 1.82) is 0 Å². The second-order valence-corrected chi connectivity index (χ2v) is 3.10. The van der Waals surface area contributed by atoms with E-state index >= 15 is 0 Å². The Kier molecular flexibility index (Phi) is 6.67. The van der Waals surface area contributed by atoms with Gasteiger partial charge >= 0.3 is 14.2 Å². The number of aldehydes is 1. The molecule has 16 heavy (non-hydrogen) atoms. The van der Waals surface area contributed by atoms with E-state index in [-0.39, 0.29) is 10.9 Å². The Bertz CT molecular complexity index is 341. The summed E-state index contributed by atoms with van der Waals surface area (Å²) in [5.74, 6) is 0. The first-order valence-electron chi connectivity index (χ1n) is 4.66.